The van der Waals surface area contributed by atoms with E-state index < -0.39 is 17.8 Å². The summed E-state index contributed by atoms with van der Waals surface area (Å²) in [5.41, 5.74) is 1.07. The minimum absolute atomic E-state index is 0.0581. The molecule has 3 aliphatic heterocycles. The highest BCUT2D eigenvalue weighted by Crippen LogP contribution is 2.33. The van der Waals surface area contributed by atoms with Crippen LogP contribution in [0.2, 0.25) is 5.02 Å². The first-order valence-electron chi connectivity index (χ1n) is 11.5. The Bertz CT molecular complexity index is 1060. The lowest BCUT2D eigenvalue weighted by molar-refractivity contribution is -0.137. The lowest BCUT2D eigenvalue weighted by Gasteiger charge is -2.34. The molecule has 2 fully saturated rings. The van der Waals surface area contributed by atoms with Gasteiger partial charge in [-0.25, -0.2) is 4.79 Å². The SMILES string of the molecule is O=C(OCc1cc(Cl)cc(C(F)(F)F)c1)N1CCCn2nc(C3CN4CCC[C@@H]4CO3)cc2C1. The van der Waals surface area contributed by atoms with Crippen LogP contribution in [0, 0.1) is 0 Å². The number of morpholine rings is 1. The second-order valence-corrected chi connectivity index (χ2v) is 9.51. The molecule has 1 unspecified atom stereocenters. The van der Waals surface area contributed by atoms with Gasteiger partial charge < -0.3 is 14.4 Å². The molecule has 2 atom stereocenters. The standard InChI is InChI=1S/C23H26ClF3N4O3/c24-17-8-15(7-16(9-17)23(25,26)27)13-34-22(32)30-5-2-6-31-19(11-30)10-20(28-31)21-12-29-4-1-3-18(29)14-33-21/h7-10,18,21H,1-6,11-14H2/t18-,21?/m1/s1. The number of aryl methyl sites for hydroxylation is 1. The molecule has 1 aromatic heterocycles. The third-order valence-electron chi connectivity index (χ3n) is 6.66. The molecule has 1 aromatic carbocycles. The van der Waals surface area contributed by atoms with Crippen molar-refractivity contribution in [3.05, 3.63) is 51.8 Å². The summed E-state index contributed by atoms with van der Waals surface area (Å²) in [5.74, 6) is 0. The van der Waals surface area contributed by atoms with E-state index in [0.29, 0.717) is 38.7 Å². The molecule has 0 spiro atoms. The van der Waals surface area contributed by atoms with Crippen molar-refractivity contribution in [1.82, 2.24) is 19.6 Å². The number of halogens is 4. The molecule has 5 rings (SSSR count). The molecule has 34 heavy (non-hydrogen) atoms. The first-order chi connectivity index (χ1) is 16.3. The first-order valence-corrected chi connectivity index (χ1v) is 11.8. The number of hydrogen-bond acceptors (Lipinski definition) is 5. The molecule has 0 bridgehead atoms. The van der Waals surface area contributed by atoms with Gasteiger partial charge in [-0.2, -0.15) is 18.3 Å². The molecule has 4 heterocycles. The molecule has 0 aliphatic carbocycles. The van der Waals surface area contributed by atoms with E-state index in [4.69, 9.17) is 26.2 Å². The van der Waals surface area contributed by atoms with E-state index in [1.165, 1.54) is 18.9 Å². The van der Waals surface area contributed by atoms with Gasteiger partial charge in [0.05, 0.1) is 30.1 Å². The lowest BCUT2D eigenvalue weighted by atomic mass is 10.1. The minimum Gasteiger partial charge on any atom is -0.445 e. The molecule has 0 saturated carbocycles. The van der Waals surface area contributed by atoms with E-state index in [9.17, 15) is 18.0 Å². The molecule has 7 nitrogen and oxygen atoms in total. The summed E-state index contributed by atoms with van der Waals surface area (Å²) in [4.78, 5) is 16.7. The predicted octanol–water partition coefficient (Wildman–Crippen LogP) is 4.63. The largest absolute Gasteiger partial charge is 0.445 e. The molecule has 2 aromatic rings. The Balaban J connectivity index is 1.23. The molecular weight excluding hydrogens is 473 g/mol. The lowest BCUT2D eigenvalue weighted by Crippen LogP contribution is -2.42. The van der Waals surface area contributed by atoms with Crippen molar-refractivity contribution >= 4 is 17.7 Å². The van der Waals surface area contributed by atoms with Crippen molar-refractivity contribution < 1.29 is 27.4 Å². The fourth-order valence-corrected chi connectivity index (χ4v) is 5.19. The number of aromatic nitrogens is 2. The van der Waals surface area contributed by atoms with Crippen LogP contribution in [-0.4, -0.2) is 58.0 Å². The van der Waals surface area contributed by atoms with Crippen molar-refractivity contribution in [2.75, 3.05) is 26.2 Å². The number of alkyl halides is 3. The van der Waals surface area contributed by atoms with Gasteiger partial charge in [0, 0.05) is 30.7 Å². The van der Waals surface area contributed by atoms with Gasteiger partial charge in [0.25, 0.3) is 0 Å². The summed E-state index contributed by atoms with van der Waals surface area (Å²) in [6.07, 6.45) is -2.13. The van der Waals surface area contributed by atoms with E-state index in [0.717, 1.165) is 36.6 Å². The van der Waals surface area contributed by atoms with Crippen LogP contribution in [0.3, 0.4) is 0 Å². The number of nitrogens with zero attached hydrogens (tertiary/aromatic N) is 4. The van der Waals surface area contributed by atoms with Crippen LogP contribution in [-0.2, 0) is 35.3 Å². The van der Waals surface area contributed by atoms with Gasteiger partial charge in [-0.1, -0.05) is 11.6 Å². The zero-order chi connectivity index (χ0) is 23.9. The van der Waals surface area contributed by atoms with Gasteiger partial charge in [0.15, 0.2) is 0 Å². The van der Waals surface area contributed by atoms with Crippen LogP contribution in [0.25, 0.3) is 0 Å². The number of hydrogen-bond donors (Lipinski definition) is 0. The number of amides is 1. The Kier molecular flexibility index (Phi) is 6.47. The fraction of sp³-hybridized carbons (Fsp3) is 0.565. The Morgan fingerprint density at radius 3 is 2.85 bits per heavy atom. The molecule has 3 aliphatic rings. The smallest absolute Gasteiger partial charge is 0.416 e. The van der Waals surface area contributed by atoms with Gasteiger partial charge >= 0.3 is 12.3 Å². The number of fused-ring (bicyclic) bond motifs is 2. The Labute approximate surface area is 200 Å². The molecule has 1 amide bonds. The van der Waals surface area contributed by atoms with Crippen molar-refractivity contribution in [2.45, 2.75) is 57.3 Å². The maximum absolute atomic E-state index is 13.0. The zero-order valence-electron chi connectivity index (χ0n) is 18.6. The van der Waals surface area contributed by atoms with Crippen molar-refractivity contribution in [3.8, 4) is 0 Å². The van der Waals surface area contributed by atoms with Crippen molar-refractivity contribution in [2.24, 2.45) is 0 Å². The third-order valence-corrected chi connectivity index (χ3v) is 6.88. The van der Waals surface area contributed by atoms with Crippen LogP contribution >= 0.6 is 11.6 Å². The number of benzene rings is 1. The average molecular weight is 499 g/mol. The minimum atomic E-state index is -4.53. The highest BCUT2D eigenvalue weighted by molar-refractivity contribution is 6.30. The number of ether oxygens (including phenoxy) is 2. The molecular formula is C23H26ClF3N4O3. The first kappa shape index (κ1) is 23.4. The maximum atomic E-state index is 13.0. The van der Waals surface area contributed by atoms with E-state index in [1.807, 2.05) is 10.7 Å². The van der Waals surface area contributed by atoms with Crippen LogP contribution in [0.5, 0.6) is 0 Å². The van der Waals surface area contributed by atoms with E-state index in [1.54, 1.807) is 4.90 Å². The summed E-state index contributed by atoms with van der Waals surface area (Å²) >= 11 is 5.82. The Hall–Kier alpha value is -2.30. The maximum Gasteiger partial charge on any atom is 0.416 e. The quantitative estimate of drug-likeness (QED) is 0.617. The van der Waals surface area contributed by atoms with E-state index >= 15 is 0 Å². The normalized spacial score (nSPS) is 23.4. The second kappa shape index (κ2) is 9.39. The number of carbonyl (C=O) groups excluding carboxylic acids is 1. The summed E-state index contributed by atoms with van der Waals surface area (Å²) in [7, 11) is 0. The number of carbonyl (C=O) groups is 1. The molecule has 0 radical (unpaired) electrons. The molecule has 0 N–H and O–H groups in total. The van der Waals surface area contributed by atoms with E-state index in [-0.39, 0.29) is 23.3 Å². The summed E-state index contributed by atoms with van der Waals surface area (Å²) < 4.78 is 52.4. The van der Waals surface area contributed by atoms with Gasteiger partial charge in [-0.3, -0.25) is 9.58 Å². The van der Waals surface area contributed by atoms with Crippen LogP contribution in [0.15, 0.2) is 24.3 Å². The van der Waals surface area contributed by atoms with Gasteiger partial charge in [-0.05, 0) is 55.6 Å². The molecule has 11 heteroatoms. The van der Waals surface area contributed by atoms with Crippen molar-refractivity contribution in [3.63, 3.8) is 0 Å². The highest BCUT2D eigenvalue weighted by atomic mass is 35.5. The third kappa shape index (κ3) is 5.04. The van der Waals surface area contributed by atoms with Crippen LogP contribution in [0.4, 0.5) is 18.0 Å². The van der Waals surface area contributed by atoms with Gasteiger partial charge in [-0.15, -0.1) is 0 Å². The van der Waals surface area contributed by atoms with Crippen LogP contribution < -0.4 is 0 Å². The molecule has 184 valence electrons. The van der Waals surface area contributed by atoms with E-state index in [2.05, 4.69) is 4.90 Å². The second-order valence-electron chi connectivity index (χ2n) is 9.07. The Morgan fingerprint density at radius 2 is 2.03 bits per heavy atom. The summed E-state index contributed by atoms with van der Waals surface area (Å²) in [6, 6.07) is 5.65. The zero-order valence-corrected chi connectivity index (χ0v) is 19.3. The highest BCUT2D eigenvalue weighted by Gasteiger charge is 2.35. The predicted molar refractivity (Wildman–Crippen MR) is 117 cm³/mol. The number of rotatable bonds is 3. The van der Waals surface area contributed by atoms with Gasteiger partial charge in [0.2, 0.25) is 0 Å². The van der Waals surface area contributed by atoms with Crippen LogP contribution in [0.1, 0.15) is 47.9 Å². The topological polar surface area (TPSA) is 59.8 Å². The summed E-state index contributed by atoms with van der Waals surface area (Å²) in [6.45, 7) is 3.79. The Morgan fingerprint density at radius 1 is 1.18 bits per heavy atom. The monoisotopic (exact) mass is 498 g/mol. The fourth-order valence-electron chi connectivity index (χ4n) is 4.93. The van der Waals surface area contributed by atoms with Gasteiger partial charge in [0.1, 0.15) is 12.7 Å². The van der Waals surface area contributed by atoms with Crippen molar-refractivity contribution in [1.29, 1.82) is 0 Å². The molecule has 2 saturated heterocycles. The summed E-state index contributed by atoms with van der Waals surface area (Å²) in [5, 5.41) is 4.69. The average Bonchev–Trinajstić information content (AvgIpc) is 3.37.